The topological polar surface area (TPSA) is 56.5 Å². The largest absolute Gasteiger partial charge is 0.496 e. The van der Waals surface area contributed by atoms with E-state index in [1.54, 1.807) is 18.2 Å². The fraction of sp³-hybridized carbons (Fsp3) is 0.316. The summed E-state index contributed by atoms with van der Waals surface area (Å²) in [6, 6.07) is 10.1. The van der Waals surface area contributed by atoms with Gasteiger partial charge in [0.1, 0.15) is 17.4 Å². The summed E-state index contributed by atoms with van der Waals surface area (Å²) >= 11 is 0. The lowest BCUT2D eigenvalue weighted by Crippen LogP contribution is -2.25. The SMILES string of the molecule is COc1cc(C#N)ccc1CN1CC(O)CC1c1cc(F)ccc1F. The number of likely N-dealkylation sites (tertiary alicyclic amines) is 1. The van der Waals surface area contributed by atoms with Gasteiger partial charge in [-0.05, 0) is 36.8 Å². The molecule has 2 aromatic carbocycles. The van der Waals surface area contributed by atoms with E-state index in [9.17, 15) is 13.9 Å². The van der Waals surface area contributed by atoms with Crippen LogP contribution in [0.4, 0.5) is 8.78 Å². The molecule has 1 saturated heterocycles. The van der Waals surface area contributed by atoms with Crippen LogP contribution in [0.5, 0.6) is 5.75 Å². The molecule has 1 fully saturated rings. The number of aliphatic hydroxyl groups excluding tert-OH is 1. The maximum Gasteiger partial charge on any atom is 0.128 e. The number of hydrogen-bond acceptors (Lipinski definition) is 4. The van der Waals surface area contributed by atoms with Crippen molar-refractivity contribution in [1.29, 1.82) is 5.26 Å². The fourth-order valence-electron chi connectivity index (χ4n) is 3.31. The van der Waals surface area contributed by atoms with Gasteiger partial charge in [0.05, 0.1) is 24.8 Å². The molecule has 0 aromatic heterocycles. The van der Waals surface area contributed by atoms with Crippen molar-refractivity contribution in [3.63, 3.8) is 0 Å². The Morgan fingerprint density at radius 3 is 2.80 bits per heavy atom. The monoisotopic (exact) mass is 344 g/mol. The van der Waals surface area contributed by atoms with E-state index in [0.717, 1.165) is 17.7 Å². The van der Waals surface area contributed by atoms with Gasteiger partial charge in [-0.2, -0.15) is 5.26 Å². The Labute approximate surface area is 144 Å². The highest BCUT2D eigenvalue weighted by Gasteiger charge is 2.34. The van der Waals surface area contributed by atoms with Crippen molar-refractivity contribution in [2.24, 2.45) is 0 Å². The molecule has 0 saturated carbocycles. The molecule has 25 heavy (non-hydrogen) atoms. The molecule has 2 atom stereocenters. The zero-order chi connectivity index (χ0) is 18.0. The van der Waals surface area contributed by atoms with E-state index in [0.29, 0.717) is 30.8 Å². The maximum atomic E-state index is 14.2. The zero-order valence-electron chi connectivity index (χ0n) is 13.7. The Morgan fingerprint density at radius 1 is 1.28 bits per heavy atom. The number of benzene rings is 2. The molecular formula is C19H18F2N2O2. The first kappa shape index (κ1) is 17.3. The smallest absolute Gasteiger partial charge is 0.128 e. The molecule has 2 aromatic rings. The number of rotatable bonds is 4. The van der Waals surface area contributed by atoms with Crippen molar-refractivity contribution in [3.05, 3.63) is 64.7 Å². The number of aliphatic hydroxyl groups is 1. The predicted octanol–water partition coefficient (Wildman–Crippen LogP) is 3.15. The standard InChI is InChI=1S/C19H18F2N2O2/c1-25-19-6-12(9-22)2-3-13(19)10-23-11-15(24)8-18(23)16-7-14(20)4-5-17(16)21/h2-7,15,18,24H,8,10-11H2,1H3. The van der Waals surface area contributed by atoms with Gasteiger partial charge in [0.25, 0.3) is 0 Å². The second-order valence-corrected chi connectivity index (χ2v) is 6.14. The Balaban J connectivity index is 1.91. The quantitative estimate of drug-likeness (QED) is 0.926. The van der Waals surface area contributed by atoms with Crippen LogP contribution < -0.4 is 4.74 Å². The van der Waals surface area contributed by atoms with Gasteiger partial charge in [-0.15, -0.1) is 0 Å². The molecule has 6 heteroatoms. The van der Waals surface area contributed by atoms with Crippen LogP contribution in [-0.2, 0) is 6.54 Å². The number of β-amino-alcohol motifs (C(OH)–C–C–N with tert-alkyl or cyclic N) is 1. The van der Waals surface area contributed by atoms with Crippen LogP contribution in [0.15, 0.2) is 36.4 Å². The Kier molecular flexibility index (Phi) is 4.98. The summed E-state index contributed by atoms with van der Waals surface area (Å²) in [5.41, 5.74) is 1.54. The van der Waals surface area contributed by atoms with Crippen molar-refractivity contribution in [1.82, 2.24) is 4.90 Å². The summed E-state index contributed by atoms with van der Waals surface area (Å²) in [6.07, 6.45) is -0.282. The van der Waals surface area contributed by atoms with Gasteiger partial charge in [-0.3, -0.25) is 4.90 Å². The first-order valence-electron chi connectivity index (χ1n) is 7.96. The molecule has 0 amide bonds. The summed E-state index contributed by atoms with van der Waals surface area (Å²) in [7, 11) is 1.52. The minimum absolute atomic E-state index is 0.240. The summed E-state index contributed by atoms with van der Waals surface area (Å²) < 4.78 is 33.1. The predicted molar refractivity (Wildman–Crippen MR) is 87.8 cm³/mol. The van der Waals surface area contributed by atoms with E-state index in [-0.39, 0.29) is 5.56 Å². The number of nitriles is 1. The normalized spacial score (nSPS) is 20.4. The van der Waals surface area contributed by atoms with Crippen LogP contribution in [0.2, 0.25) is 0 Å². The third-order valence-electron chi connectivity index (χ3n) is 4.49. The van der Waals surface area contributed by atoms with Gasteiger partial charge in [0.15, 0.2) is 0 Å². The van der Waals surface area contributed by atoms with Gasteiger partial charge < -0.3 is 9.84 Å². The number of hydrogen-bond donors (Lipinski definition) is 1. The summed E-state index contributed by atoms with van der Waals surface area (Å²) in [4.78, 5) is 1.90. The van der Waals surface area contributed by atoms with Crippen LogP contribution in [-0.4, -0.2) is 29.8 Å². The molecule has 3 rings (SSSR count). The van der Waals surface area contributed by atoms with E-state index >= 15 is 0 Å². The van der Waals surface area contributed by atoms with E-state index in [1.807, 2.05) is 4.90 Å². The van der Waals surface area contributed by atoms with Gasteiger partial charge >= 0.3 is 0 Å². The number of halogens is 2. The molecule has 4 nitrogen and oxygen atoms in total. The summed E-state index contributed by atoms with van der Waals surface area (Å²) in [5.74, 6) is -0.440. The number of nitrogens with zero attached hydrogens (tertiary/aromatic N) is 2. The van der Waals surface area contributed by atoms with Gasteiger partial charge in [0.2, 0.25) is 0 Å². The average molecular weight is 344 g/mol. The van der Waals surface area contributed by atoms with Crippen molar-refractivity contribution in [3.8, 4) is 11.8 Å². The molecule has 1 N–H and O–H groups in total. The van der Waals surface area contributed by atoms with E-state index in [4.69, 9.17) is 10.00 Å². The molecule has 0 aliphatic carbocycles. The van der Waals surface area contributed by atoms with Gasteiger partial charge in [-0.25, -0.2) is 8.78 Å². The van der Waals surface area contributed by atoms with Crippen LogP contribution in [0.1, 0.15) is 29.2 Å². The Morgan fingerprint density at radius 2 is 2.08 bits per heavy atom. The highest BCUT2D eigenvalue weighted by atomic mass is 19.1. The Hall–Kier alpha value is -2.49. The van der Waals surface area contributed by atoms with Crippen molar-refractivity contribution in [2.45, 2.75) is 25.1 Å². The molecular weight excluding hydrogens is 326 g/mol. The van der Waals surface area contributed by atoms with Crippen molar-refractivity contribution in [2.75, 3.05) is 13.7 Å². The van der Waals surface area contributed by atoms with E-state index in [2.05, 4.69) is 6.07 Å². The maximum absolute atomic E-state index is 14.2. The zero-order valence-corrected chi connectivity index (χ0v) is 13.7. The lowest BCUT2D eigenvalue weighted by atomic mass is 10.0. The minimum Gasteiger partial charge on any atom is -0.496 e. The highest BCUT2D eigenvalue weighted by Crippen LogP contribution is 2.36. The van der Waals surface area contributed by atoms with Crippen LogP contribution in [0.25, 0.3) is 0 Å². The molecule has 1 aliphatic heterocycles. The minimum atomic E-state index is -0.614. The van der Waals surface area contributed by atoms with Gasteiger partial charge in [0, 0.05) is 30.3 Å². The van der Waals surface area contributed by atoms with Crippen molar-refractivity contribution >= 4 is 0 Å². The Bertz CT molecular complexity index is 820. The third kappa shape index (κ3) is 3.63. The van der Waals surface area contributed by atoms with Crippen LogP contribution in [0.3, 0.4) is 0 Å². The number of ether oxygens (including phenoxy) is 1. The molecule has 0 bridgehead atoms. The lowest BCUT2D eigenvalue weighted by molar-refractivity contribution is 0.172. The van der Waals surface area contributed by atoms with Gasteiger partial charge in [-0.1, -0.05) is 6.07 Å². The third-order valence-corrected chi connectivity index (χ3v) is 4.49. The highest BCUT2D eigenvalue weighted by molar-refractivity contribution is 5.42. The molecule has 0 spiro atoms. The lowest BCUT2D eigenvalue weighted by Gasteiger charge is -2.25. The molecule has 1 heterocycles. The second-order valence-electron chi connectivity index (χ2n) is 6.14. The summed E-state index contributed by atoms with van der Waals surface area (Å²) in [6.45, 7) is 0.746. The van der Waals surface area contributed by atoms with Crippen molar-refractivity contribution < 1.29 is 18.6 Å². The first-order valence-corrected chi connectivity index (χ1v) is 7.96. The summed E-state index contributed by atoms with van der Waals surface area (Å²) in [5, 5.41) is 19.0. The molecule has 130 valence electrons. The van der Waals surface area contributed by atoms with Crippen LogP contribution in [0, 0.1) is 23.0 Å². The second kappa shape index (κ2) is 7.18. The number of methoxy groups -OCH3 is 1. The first-order chi connectivity index (χ1) is 12.0. The molecule has 0 radical (unpaired) electrons. The van der Waals surface area contributed by atoms with Crippen LogP contribution >= 0.6 is 0 Å². The molecule has 1 aliphatic rings. The molecule has 2 unspecified atom stereocenters. The fourth-order valence-corrected chi connectivity index (χ4v) is 3.31. The average Bonchev–Trinajstić information content (AvgIpc) is 2.97. The van der Waals surface area contributed by atoms with E-state index in [1.165, 1.54) is 13.2 Å². The van der Waals surface area contributed by atoms with E-state index < -0.39 is 23.8 Å².